The number of Topliss-reactive ketones (excluding diaryl/α,β-unsaturated/α-hetero) is 2. The first-order chi connectivity index (χ1) is 53.1. The number of carbonyl (C=O) groups excluding carboxylic acids is 8. The number of fused-ring (bicyclic) bond motifs is 15. The van der Waals surface area contributed by atoms with E-state index in [9.17, 15) is 65.1 Å². The van der Waals surface area contributed by atoms with Gasteiger partial charge < -0.3 is 127 Å². The van der Waals surface area contributed by atoms with Crippen LogP contribution >= 0.6 is 23.2 Å². The molecular formula is C76H91Cl2N7O27. The molecule has 5 aromatic rings. The Balaban J connectivity index is 1.20. The molecule has 0 saturated carbocycles. The highest BCUT2D eigenvalue weighted by atomic mass is 35.5. The van der Waals surface area contributed by atoms with Crippen LogP contribution in [0, 0.1) is 17.8 Å². The lowest BCUT2D eigenvalue weighted by Gasteiger charge is -2.47. The normalized spacial score (nSPS) is 27.8. The van der Waals surface area contributed by atoms with Gasteiger partial charge in [0.25, 0.3) is 0 Å². The maximum atomic E-state index is 16.3. The van der Waals surface area contributed by atoms with E-state index in [4.69, 9.17) is 77.3 Å². The summed E-state index contributed by atoms with van der Waals surface area (Å²) >= 11 is 14.3. The number of ketones is 2. The summed E-state index contributed by atoms with van der Waals surface area (Å²) in [5.74, 6) is -19.2. The molecule has 7 aliphatic rings. The SMILES string of the molecule is CCOCCOCCNC(=O)Oc1cc(O)c2c(c1)[C@@H](C(=O)O)NC(=O)[C@H]1NC(=O)[C@H](CC(=O)[C@@H]3NC(=O)[C@H](CC(N)=O)CC(=O)[C@H](NC(=O)[C@H](CC)CC(C)C)[C@H](O)c4ccc(c(Cl)c4)Oc4cc3cc(c4O[C@@H]3O[C@H](CO)[C@@H](O)[C@H](O)[C@H]3O[C@H]3C[C@](C)(N)[C@H](O)[C@H](C)O3)Oc3ccc(cc3Cl)[C@H]1O)c1ccc(O)c-2c1. The minimum absolute atomic E-state index is 0.00212. The van der Waals surface area contributed by atoms with Crippen molar-refractivity contribution in [2.24, 2.45) is 29.2 Å². The Kier molecular flexibility index (Phi) is 27.8. The van der Waals surface area contributed by atoms with Crippen LogP contribution in [0.3, 0.4) is 0 Å². The molecule has 11 bridgehead atoms. The van der Waals surface area contributed by atoms with Crippen LogP contribution in [0.2, 0.25) is 10.0 Å². The number of aliphatic hydroxyl groups excluding tert-OH is 6. The summed E-state index contributed by atoms with van der Waals surface area (Å²) in [4.78, 5) is 132. The number of phenolic OH excluding ortho intramolecular Hbond substituents is 2. The first kappa shape index (κ1) is 85.1. The Bertz CT molecular complexity index is 4360. The zero-order valence-electron chi connectivity index (χ0n) is 61.7. The quantitative estimate of drug-likeness (QED) is 0.0462. The Labute approximate surface area is 651 Å². The molecule has 18 atom stereocenters. The predicted molar refractivity (Wildman–Crippen MR) is 393 cm³/mol. The van der Waals surface area contributed by atoms with E-state index < -0.39 is 250 Å². The first-order valence-electron chi connectivity index (χ1n) is 36.2. The van der Waals surface area contributed by atoms with E-state index in [1.807, 2.05) is 13.8 Å². The van der Waals surface area contributed by atoms with E-state index in [0.717, 1.165) is 60.7 Å². The number of aliphatic carboxylic acids is 1. The van der Waals surface area contributed by atoms with Crippen molar-refractivity contribution < 1.29 is 132 Å². The van der Waals surface area contributed by atoms with Gasteiger partial charge in [0.1, 0.15) is 77.4 Å². The summed E-state index contributed by atoms with van der Waals surface area (Å²) in [6, 6.07) is 5.51. The Morgan fingerprint density at radius 2 is 1.38 bits per heavy atom. The maximum Gasteiger partial charge on any atom is 0.412 e. The third-order valence-electron chi connectivity index (χ3n) is 19.9. The number of nitrogens with two attached hydrogens (primary N) is 2. The molecule has 0 unspecified atom stereocenters. The number of carbonyl (C=O) groups is 9. The molecule has 606 valence electrons. The van der Waals surface area contributed by atoms with Gasteiger partial charge in [-0.25, -0.2) is 9.59 Å². The third-order valence-corrected chi connectivity index (χ3v) is 20.5. The van der Waals surface area contributed by atoms with Crippen molar-refractivity contribution in [1.82, 2.24) is 26.6 Å². The molecule has 2 fully saturated rings. The summed E-state index contributed by atoms with van der Waals surface area (Å²) in [7, 11) is 0. The van der Waals surface area contributed by atoms with E-state index >= 15 is 24.0 Å². The van der Waals surface area contributed by atoms with Gasteiger partial charge in [-0.15, -0.1) is 0 Å². The number of carboxylic acid groups (broad SMARTS) is 1. The van der Waals surface area contributed by atoms with E-state index in [2.05, 4.69) is 26.6 Å². The van der Waals surface area contributed by atoms with Crippen LogP contribution < -0.4 is 57.0 Å². The zero-order chi connectivity index (χ0) is 81.5. The molecule has 5 aromatic carbocycles. The zero-order valence-corrected chi connectivity index (χ0v) is 63.2. The van der Waals surface area contributed by atoms with Gasteiger partial charge in [-0.3, -0.25) is 33.6 Å². The minimum Gasteiger partial charge on any atom is -0.507 e. The largest absolute Gasteiger partial charge is 0.507 e. The topological polar surface area (TPSA) is 531 Å². The van der Waals surface area contributed by atoms with Crippen molar-refractivity contribution in [3.05, 3.63) is 117 Å². The average Bonchev–Trinajstić information content (AvgIpc) is 0.768. The van der Waals surface area contributed by atoms with Crippen molar-refractivity contribution in [2.45, 2.75) is 177 Å². The summed E-state index contributed by atoms with van der Waals surface area (Å²) in [5.41, 5.74) is 8.34. The summed E-state index contributed by atoms with van der Waals surface area (Å²) in [6.45, 7) is 10.1. The standard InChI is InChI=1S/C76H91Cl2N7O27/c1-7-34(19-32(3)4)69(97)84-60-48(89)23-39(26-55(79)91)70(98)82-58-38-24-52(108-50-13-10-36(62(60)92)21-44(50)77)66(112-74-67(65(95)64(94)54(31-86)110-74)111-56-30-76(6,80)68(96)33(5)106-56)53(25-38)109-51-14-11-37(22-45(51)78)63(93)61-72(100)83-59(73(101)102)43-27-40(107-75(103)81-15-16-105-18-17-104-8-2)28-47(88)57(43)42-20-35(9-12-46(42)87)41(29-49(58)90)71(99)85-61/h9-14,20-22,24-25,27-28,32-34,39,41,54,56,58-65,67-68,74,86-88,92-96H,7-8,15-19,23,26,29-31,80H2,1-6H3,(H2,79,91)(H,81,103)(H,82,98)(H,83,100)(H,84,97)(H,85,99)(H,101,102)/t33-,34+,39-,41+,54+,56-,58+,59-,60-,61-,62+,63+,64+,65-,67+,68+,74-,76-/m0/s1. The molecule has 7 heterocycles. The molecule has 7 aliphatic heterocycles. The smallest absolute Gasteiger partial charge is 0.412 e. The monoisotopic (exact) mass is 1600 g/mol. The van der Waals surface area contributed by atoms with Gasteiger partial charge in [-0.1, -0.05) is 62.2 Å². The molecule has 36 heteroatoms. The number of amides is 6. The van der Waals surface area contributed by atoms with E-state index in [-0.39, 0.29) is 78.3 Å². The van der Waals surface area contributed by atoms with E-state index in [1.54, 1.807) is 13.8 Å². The number of primary amides is 1. The fourth-order valence-electron chi connectivity index (χ4n) is 14.0. The lowest BCUT2D eigenvalue weighted by atomic mass is 9.84. The van der Waals surface area contributed by atoms with Crippen LogP contribution in [0.15, 0.2) is 78.9 Å². The Morgan fingerprint density at radius 3 is 1.99 bits per heavy atom. The van der Waals surface area contributed by atoms with Crippen molar-refractivity contribution in [2.75, 3.05) is 39.6 Å². The molecular weight excluding hydrogens is 1510 g/mol. The number of aromatic hydroxyl groups is 2. The first-order valence-corrected chi connectivity index (χ1v) is 37.0. The van der Waals surface area contributed by atoms with Crippen LogP contribution in [0.5, 0.6) is 46.0 Å². The number of nitrogens with one attached hydrogen (secondary N) is 5. The van der Waals surface area contributed by atoms with Crippen LogP contribution in [0.25, 0.3) is 11.1 Å². The molecule has 0 radical (unpaired) electrons. The summed E-state index contributed by atoms with van der Waals surface area (Å²) in [5, 5.41) is 117. The molecule has 0 spiro atoms. The maximum absolute atomic E-state index is 16.3. The van der Waals surface area contributed by atoms with Gasteiger partial charge in [0.15, 0.2) is 41.5 Å². The van der Waals surface area contributed by atoms with Crippen molar-refractivity contribution in [3.8, 4) is 57.1 Å². The fraction of sp³-hybridized carbons (Fsp3) is 0.487. The van der Waals surface area contributed by atoms with E-state index in [0.29, 0.717) is 13.0 Å². The fourth-order valence-corrected chi connectivity index (χ4v) is 14.5. The molecule has 6 amide bonds. The molecule has 34 nitrogen and oxygen atoms in total. The average molecular weight is 1610 g/mol. The van der Waals surface area contributed by atoms with Gasteiger partial charge in [-0.05, 0) is 116 Å². The van der Waals surface area contributed by atoms with Gasteiger partial charge >= 0.3 is 12.1 Å². The Morgan fingerprint density at radius 1 is 0.732 bits per heavy atom. The highest BCUT2D eigenvalue weighted by molar-refractivity contribution is 6.32. The second-order valence-corrected chi connectivity index (χ2v) is 29.5. The van der Waals surface area contributed by atoms with Gasteiger partial charge in [0.2, 0.25) is 41.6 Å². The number of ether oxygens (including phenoxy) is 9. The number of hydrogen-bond acceptors (Lipinski definition) is 27. The number of halogens is 2. The molecule has 112 heavy (non-hydrogen) atoms. The van der Waals surface area contributed by atoms with Crippen molar-refractivity contribution >= 4 is 76.4 Å². The number of aliphatic hydroxyl groups is 6. The number of benzene rings is 5. The van der Waals surface area contributed by atoms with Gasteiger partial charge in [-0.2, -0.15) is 0 Å². The molecule has 18 N–H and O–H groups in total. The highest BCUT2D eigenvalue weighted by Crippen LogP contribution is 2.51. The van der Waals surface area contributed by atoms with Crippen LogP contribution in [-0.4, -0.2) is 206 Å². The predicted octanol–water partition coefficient (Wildman–Crippen LogP) is 3.96. The lowest BCUT2D eigenvalue weighted by molar-refractivity contribution is -0.333. The van der Waals surface area contributed by atoms with Gasteiger partial charge in [0.05, 0.1) is 60.5 Å². The van der Waals surface area contributed by atoms with Gasteiger partial charge in [0, 0.05) is 73.0 Å². The number of phenols is 2. The van der Waals surface area contributed by atoms with Crippen molar-refractivity contribution in [1.29, 1.82) is 0 Å². The van der Waals surface area contributed by atoms with Crippen LogP contribution in [-0.2, 0) is 62.0 Å². The second-order valence-electron chi connectivity index (χ2n) is 28.7. The molecule has 0 aromatic heterocycles. The summed E-state index contributed by atoms with van der Waals surface area (Å²) in [6.07, 6.45) is -21.2. The van der Waals surface area contributed by atoms with Crippen molar-refractivity contribution in [3.63, 3.8) is 0 Å². The second kappa shape index (κ2) is 36.6. The number of carboxylic acids is 1. The number of hydrogen-bond donors (Lipinski definition) is 16. The highest BCUT2D eigenvalue weighted by Gasteiger charge is 2.52. The minimum atomic E-state index is -2.32. The van der Waals surface area contributed by atoms with E-state index in [1.165, 1.54) is 32.0 Å². The molecule has 0 aliphatic carbocycles. The summed E-state index contributed by atoms with van der Waals surface area (Å²) < 4.78 is 54.8. The molecule has 2 saturated heterocycles. The Hall–Kier alpha value is -9.37. The molecule has 12 rings (SSSR count). The third kappa shape index (κ3) is 19.6. The van der Waals surface area contributed by atoms with Crippen LogP contribution in [0.4, 0.5) is 4.79 Å². The van der Waals surface area contributed by atoms with Crippen LogP contribution in [0.1, 0.15) is 138 Å². The lowest BCUT2D eigenvalue weighted by Crippen LogP contribution is -2.64. The number of rotatable bonds is 21.